The van der Waals surface area contributed by atoms with Gasteiger partial charge in [-0.05, 0) is 85.8 Å². The average molecular weight is 531 g/mol. The number of carbonyl (C=O) groups excluding carboxylic acids is 1. The molecule has 0 saturated carbocycles. The third kappa shape index (κ3) is 5.32. The zero-order chi connectivity index (χ0) is 28.4. The van der Waals surface area contributed by atoms with Crippen molar-refractivity contribution in [1.29, 1.82) is 0 Å². The maximum atomic E-state index is 13.0. The summed E-state index contributed by atoms with van der Waals surface area (Å²) in [6, 6.07) is 30.3. The van der Waals surface area contributed by atoms with E-state index < -0.39 is 0 Å². The van der Waals surface area contributed by atoms with Crippen LogP contribution in [-0.4, -0.2) is 15.6 Å². The normalized spacial score (nSPS) is 11.7. The van der Waals surface area contributed by atoms with E-state index in [-0.39, 0.29) is 22.8 Å². The second kappa shape index (κ2) is 10.9. The quantitative estimate of drug-likeness (QED) is 0.189. The molecule has 0 saturated heterocycles. The molecule has 202 valence electrons. The summed E-state index contributed by atoms with van der Waals surface area (Å²) in [6.45, 7) is 10.5. The van der Waals surface area contributed by atoms with E-state index in [4.69, 9.17) is 4.74 Å². The molecule has 0 spiro atoms. The van der Waals surface area contributed by atoms with Crippen LogP contribution in [0.3, 0.4) is 0 Å². The summed E-state index contributed by atoms with van der Waals surface area (Å²) in [7, 11) is 0. The molecule has 5 aromatic rings. The standard InChI is InChI=1S/C35H34N2O3/c1-6-35(4,5)27-17-11-25(12-18-27)33(38)26-15-21-29(22-16-26)40-28-19-13-24(14-20-28)32-30-9-7-8-10-31(30)34(39)37(36-32)23(2)3/h7-23H,6H2,1-5H3. The van der Waals surface area contributed by atoms with E-state index in [9.17, 15) is 9.59 Å². The Balaban J connectivity index is 1.33. The third-order valence-electron chi connectivity index (χ3n) is 7.61. The molecule has 0 radical (unpaired) electrons. The van der Waals surface area contributed by atoms with E-state index in [1.165, 1.54) is 10.2 Å². The van der Waals surface area contributed by atoms with E-state index in [0.29, 0.717) is 28.0 Å². The van der Waals surface area contributed by atoms with E-state index in [1.807, 2.05) is 98.8 Å². The summed E-state index contributed by atoms with van der Waals surface area (Å²) in [6.07, 6.45) is 1.03. The van der Waals surface area contributed by atoms with Gasteiger partial charge in [0.15, 0.2) is 5.78 Å². The fraction of sp³-hybridized carbons (Fsp3) is 0.229. The smallest absolute Gasteiger partial charge is 0.274 e. The zero-order valence-corrected chi connectivity index (χ0v) is 23.6. The number of aromatic nitrogens is 2. The van der Waals surface area contributed by atoms with Gasteiger partial charge in [-0.15, -0.1) is 0 Å². The molecule has 5 rings (SSSR count). The number of benzene rings is 4. The molecule has 0 amide bonds. The Kier molecular flexibility index (Phi) is 7.40. The first-order chi connectivity index (χ1) is 19.2. The first-order valence-electron chi connectivity index (χ1n) is 13.7. The van der Waals surface area contributed by atoms with Crippen LogP contribution in [0.5, 0.6) is 11.5 Å². The first kappa shape index (κ1) is 27.1. The second-order valence-electron chi connectivity index (χ2n) is 11.0. The number of carbonyl (C=O) groups is 1. The van der Waals surface area contributed by atoms with E-state index in [0.717, 1.165) is 23.1 Å². The van der Waals surface area contributed by atoms with Crippen molar-refractivity contribution in [3.8, 4) is 22.8 Å². The van der Waals surface area contributed by atoms with Gasteiger partial charge in [0.05, 0.1) is 17.1 Å². The number of rotatable bonds is 8. The molecule has 0 fully saturated rings. The van der Waals surface area contributed by atoms with Crippen LogP contribution in [-0.2, 0) is 5.41 Å². The number of nitrogens with zero attached hydrogens (tertiary/aromatic N) is 2. The van der Waals surface area contributed by atoms with Gasteiger partial charge in [0.25, 0.3) is 5.56 Å². The minimum atomic E-state index is -0.0892. The lowest BCUT2D eigenvalue weighted by Gasteiger charge is -2.23. The van der Waals surface area contributed by atoms with Crippen LogP contribution in [0.4, 0.5) is 0 Å². The highest BCUT2D eigenvalue weighted by Crippen LogP contribution is 2.30. The summed E-state index contributed by atoms with van der Waals surface area (Å²) < 4.78 is 7.59. The van der Waals surface area contributed by atoms with Crippen LogP contribution in [0.15, 0.2) is 102 Å². The Morgan fingerprint density at radius 2 is 1.32 bits per heavy atom. The minimum absolute atomic E-state index is 0.0146. The van der Waals surface area contributed by atoms with E-state index in [2.05, 4.69) is 25.9 Å². The van der Waals surface area contributed by atoms with Crippen molar-refractivity contribution in [2.45, 2.75) is 52.5 Å². The van der Waals surface area contributed by atoms with Crippen LogP contribution < -0.4 is 10.3 Å². The van der Waals surface area contributed by atoms with Gasteiger partial charge in [0.1, 0.15) is 11.5 Å². The molecular formula is C35H34N2O3. The van der Waals surface area contributed by atoms with Crippen molar-refractivity contribution < 1.29 is 9.53 Å². The maximum Gasteiger partial charge on any atom is 0.274 e. The number of ether oxygens (including phenoxy) is 1. The van der Waals surface area contributed by atoms with Crippen molar-refractivity contribution >= 4 is 16.6 Å². The predicted octanol–water partition coefficient (Wildman–Crippen LogP) is 8.36. The Labute approximate surface area is 235 Å². The maximum absolute atomic E-state index is 13.0. The third-order valence-corrected chi connectivity index (χ3v) is 7.61. The minimum Gasteiger partial charge on any atom is -0.457 e. The number of hydrogen-bond donors (Lipinski definition) is 0. The molecule has 0 unspecified atom stereocenters. The summed E-state index contributed by atoms with van der Waals surface area (Å²) in [5.41, 5.74) is 4.16. The molecular weight excluding hydrogens is 496 g/mol. The van der Waals surface area contributed by atoms with Crippen molar-refractivity contribution in [1.82, 2.24) is 9.78 Å². The fourth-order valence-electron chi connectivity index (χ4n) is 4.70. The van der Waals surface area contributed by atoms with Gasteiger partial charge in [-0.25, -0.2) is 4.68 Å². The molecule has 1 aromatic heterocycles. The summed E-state index contributed by atoms with van der Waals surface area (Å²) >= 11 is 0. The molecule has 1 heterocycles. The SMILES string of the molecule is CCC(C)(C)c1ccc(C(=O)c2ccc(Oc3ccc(-c4nn(C(C)C)c(=O)c5ccccc45)cc3)cc2)cc1. The van der Waals surface area contributed by atoms with Crippen LogP contribution >= 0.6 is 0 Å². The summed E-state index contributed by atoms with van der Waals surface area (Å²) in [5.74, 6) is 1.29. The fourth-order valence-corrected chi connectivity index (χ4v) is 4.70. The van der Waals surface area contributed by atoms with E-state index >= 15 is 0 Å². The highest BCUT2D eigenvalue weighted by atomic mass is 16.5. The average Bonchev–Trinajstić information content (AvgIpc) is 2.98. The van der Waals surface area contributed by atoms with Gasteiger partial charge in [0.2, 0.25) is 0 Å². The monoisotopic (exact) mass is 530 g/mol. The molecule has 0 aliphatic heterocycles. The molecule has 0 atom stereocenters. The molecule has 0 N–H and O–H groups in total. The number of hydrogen-bond acceptors (Lipinski definition) is 4. The zero-order valence-electron chi connectivity index (χ0n) is 23.6. The summed E-state index contributed by atoms with van der Waals surface area (Å²) in [5, 5.41) is 6.16. The van der Waals surface area contributed by atoms with Crippen LogP contribution in [0, 0.1) is 0 Å². The molecule has 0 aliphatic rings. The predicted molar refractivity (Wildman–Crippen MR) is 162 cm³/mol. The molecule has 5 heteroatoms. The summed E-state index contributed by atoms with van der Waals surface area (Å²) in [4.78, 5) is 25.9. The number of fused-ring (bicyclic) bond motifs is 1. The van der Waals surface area contributed by atoms with Crippen molar-refractivity contribution in [3.63, 3.8) is 0 Å². The topological polar surface area (TPSA) is 61.2 Å². The van der Waals surface area contributed by atoms with Gasteiger partial charge >= 0.3 is 0 Å². The second-order valence-corrected chi connectivity index (χ2v) is 11.0. The molecule has 0 bridgehead atoms. The Hall–Kier alpha value is -4.51. The van der Waals surface area contributed by atoms with Gasteiger partial charge in [-0.1, -0.05) is 63.2 Å². The van der Waals surface area contributed by atoms with E-state index in [1.54, 1.807) is 12.1 Å². The molecule has 40 heavy (non-hydrogen) atoms. The van der Waals surface area contributed by atoms with Crippen LogP contribution in [0.25, 0.3) is 22.0 Å². The Morgan fingerprint density at radius 1 is 0.800 bits per heavy atom. The molecule has 5 nitrogen and oxygen atoms in total. The Bertz CT molecular complexity index is 1710. The highest BCUT2D eigenvalue weighted by molar-refractivity contribution is 6.09. The lowest BCUT2D eigenvalue weighted by atomic mass is 9.82. The first-order valence-corrected chi connectivity index (χ1v) is 13.7. The lowest BCUT2D eigenvalue weighted by molar-refractivity contribution is 0.103. The number of ketones is 1. The van der Waals surface area contributed by atoms with Crippen LogP contribution in [0.2, 0.25) is 0 Å². The largest absolute Gasteiger partial charge is 0.457 e. The van der Waals surface area contributed by atoms with Crippen LogP contribution in [0.1, 0.15) is 68.6 Å². The van der Waals surface area contributed by atoms with Crippen molar-refractivity contribution in [3.05, 3.63) is 124 Å². The van der Waals surface area contributed by atoms with Crippen molar-refractivity contribution in [2.75, 3.05) is 0 Å². The lowest BCUT2D eigenvalue weighted by Crippen LogP contribution is -2.25. The van der Waals surface area contributed by atoms with Crippen molar-refractivity contribution in [2.24, 2.45) is 0 Å². The van der Waals surface area contributed by atoms with Gasteiger partial charge in [0, 0.05) is 22.1 Å². The highest BCUT2D eigenvalue weighted by Gasteiger charge is 2.19. The molecule has 4 aromatic carbocycles. The Morgan fingerprint density at radius 3 is 1.88 bits per heavy atom. The molecule has 0 aliphatic carbocycles. The van der Waals surface area contributed by atoms with Gasteiger partial charge in [-0.3, -0.25) is 9.59 Å². The van der Waals surface area contributed by atoms with Gasteiger partial charge in [-0.2, -0.15) is 5.10 Å². The van der Waals surface area contributed by atoms with Gasteiger partial charge < -0.3 is 4.74 Å².